The molecule has 0 fully saturated rings. The van der Waals surface area contributed by atoms with Gasteiger partial charge in [0, 0.05) is 20.5 Å². The van der Waals surface area contributed by atoms with E-state index in [9.17, 15) is 4.79 Å². The van der Waals surface area contributed by atoms with E-state index in [4.69, 9.17) is 4.42 Å². The number of fused-ring (bicyclic) bond motifs is 1. The molecule has 1 heterocycles. The molecule has 4 nitrogen and oxygen atoms in total. The van der Waals surface area contributed by atoms with Crippen molar-refractivity contribution in [1.82, 2.24) is 9.88 Å². The van der Waals surface area contributed by atoms with Crippen LogP contribution in [0.15, 0.2) is 22.6 Å². The van der Waals surface area contributed by atoms with Crippen LogP contribution in [0.4, 0.5) is 0 Å². The highest BCUT2D eigenvalue weighted by atomic mass is 16.3. The van der Waals surface area contributed by atoms with Gasteiger partial charge in [-0.2, -0.15) is 0 Å². The van der Waals surface area contributed by atoms with Crippen LogP contribution in [0.3, 0.4) is 0 Å². The summed E-state index contributed by atoms with van der Waals surface area (Å²) in [6.07, 6.45) is 2.55. The molecular weight excluding hydrogens is 240 g/mol. The average molecular weight is 260 g/mol. The van der Waals surface area contributed by atoms with E-state index in [0.29, 0.717) is 12.3 Å². The maximum atomic E-state index is 12.0. The number of hydrogen-bond donors (Lipinski definition) is 0. The first kappa shape index (κ1) is 13.6. The van der Waals surface area contributed by atoms with E-state index in [0.717, 1.165) is 36.0 Å². The Labute approximate surface area is 113 Å². The van der Waals surface area contributed by atoms with E-state index in [2.05, 4.69) is 11.9 Å². The van der Waals surface area contributed by atoms with Crippen molar-refractivity contribution in [2.75, 3.05) is 13.6 Å². The van der Waals surface area contributed by atoms with Gasteiger partial charge in [0.05, 0.1) is 6.42 Å². The molecule has 19 heavy (non-hydrogen) atoms. The number of aryl methyl sites for hydroxylation is 1. The standard InChI is InChI=1S/C15H20N2O2/c1-4-5-8-17(3)15(18)10-12-6-7-13-14(9-12)19-11(2)16-13/h6-7,9H,4-5,8,10H2,1-3H3. The molecule has 0 saturated heterocycles. The first-order valence-electron chi connectivity index (χ1n) is 6.70. The summed E-state index contributed by atoms with van der Waals surface area (Å²) in [6, 6.07) is 5.75. The number of oxazole rings is 1. The number of unbranched alkanes of at least 4 members (excludes halogenated alkanes) is 1. The third-order valence-electron chi connectivity index (χ3n) is 3.19. The molecule has 1 aromatic heterocycles. The maximum Gasteiger partial charge on any atom is 0.226 e. The van der Waals surface area contributed by atoms with Crippen LogP contribution in [0.25, 0.3) is 11.1 Å². The first-order valence-corrected chi connectivity index (χ1v) is 6.70. The number of carbonyl (C=O) groups is 1. The quantitative estimate of drug-likeness (QED) is 0.830. The zero-order valence-electron chi connectivity index (χ0n) is 11.8. The molecule has 0 aliphatic carbocycles. The SMILES string of the molecule is CCCCN(C)C(=O)Cc1ccc2nc(C)oc2c1. The van der Waals surface area contributed by atoms with E-state index in [-0.39, 0.29) is 5.91 Å². The van der Waals surface area contributed by atoms with E-state index in [1.54, 1.807) is 4.90 Å². The topological polar surface area (TPSA) is 46.3 Å². The van der Waals surface area contributed by atoms with Crippen LogP contribution in [0.1, 0.15) is 31.2 Å². The van der Waals surface area contributed by atoms with Crippen molar-refractivity contribution in [3.63, 3.8) is 0 Å². The smallest absolute Gasteiger partial charge is 0.226 e. The fraction of sp³-hybridized carbons (Fsp3) is 0.467. The minimum absolute atomic E-state index is 0.143. The minimum Gasteiger partial charge on any atom is -0.441 e. The molecule has 2 aromatic rings. The van der Waals surface area contributed by atoms with E-state index in [1.165, 1.54) is 0 Å². The summed E-state index contributed by atoms with van der Waals surface area (Å²) in [7, 11) is 1.86. The van der Waals surface area contributed by atoms with Gasteiger partial charge in [-0.3, -0.25) is 4.79 Å². The van der Waals surface area contributed by atoms with Crippen molar-refractivity contribution in [3.05, 3.63) is 29.7 Å². The number of hydrogen-bond acceptors (Lipinski definition) is 3. The number of amides is 1. The Kier molecular flexibility index (Phi) is 4.20. The van der Waals surface area contributed by atoms with Crippen LogP contribution >= 0.6 is 0 Å². The number of carbonyl (C=O) groups excluding carboxylic acids is 1. The highest BCUT2D eigenvalue weighted by Crippen LogP contribution is 2.17. The molecule has 102 valence electrons. The number of rotatable bonds is 5. The molecule has 1 aromatic carbocycles. The second kappa shape index (κ2) is 5.87. The van der Waals surface area contributed by atoms with Gasteiger partial charge in [0.25, 0.3) is 0 Å². The van der Waals surface area contributed by atoms with Crippen molar-refractivity contribution in [1.29, 1.82) is 0 Å². The van der Waals surface area contributed by atoms with Crippen LogP contribution < -0.4 is 0 Å². The van der Waals surface area contributed by atoms with Crippen molar-refractivity contribution < 1.29 is 9.21 Å². The summed E-state index contributed by atoms with van der Waals surface area (Å²) in [5, 5.41) is 0. The zero-order valence-corrected chi connectivity index (χ0v) is 11.8. The summed E-state index contributed by atoms with van der Waals surface area (Å²) >= 11 is 0. The van der Waals surface area contributed by atoms with Gasteiger partial charge in [0.1, 0.15) is 5.52 Å². The summed E-state index contributed by atoms with van der Waals surface area (Å²) < 4.78 is 5.48. The lowest BCUT2D eigenvalue weighted by Crippen LogP contribution is -2.29. The number of likely N-dealkylation sites (N-methyl/N-ethyl adjacent to an activating group) is 1. The second-order valence-electron chi connectivity index (χ2n) is 4.88. The van der Waals surface area contributed by atoms with E-state index in [1.807, 2.05) is 32.2 Å². The zero-order chi connectivity index (χ0) is 13.8. The molecule has 0 aliphatic heterocycles. The lowest BCUT2D eigenvalue weighted by Gasteiger charge is -2.16. The number of aromatic nitrogens is 1. The molecular formula is C15H20N2O2. The van der Waals surface area contributed by atoms with Gasteiger partial charge in [0.15, 0.2) is 11.5 Å². The van der Waals surface area contributed by atoms with Crippen molar-refractivity contribution >= 4 is 17.0 Å². The molecule has 1 amide bonds. The van der Waals surface area contributed by atoms with Gasteiger partial charge in [0.2, 0.25) is 5.91 Å². The van der Waals surface area contributed by atoms with Crippen LogP contribution in [0, 0.1) is 6.92 Å². The van der Waals surface area contributed by atoms with Gasteiger partial charge in [-0.25, -0.2) is 4.98 Å². The minimum atomic E-state index is 0.143. The highest BCUT2D eigenvalue weighted by molar-refractivity contribution is 5.80. The predicted molar refractivity (Wildman–Crippen MR) is 75.0 cm³/mol. The van der Waals surface area contributed by atoms with Crippen molar-refractivity contribution in [2.45, 2.75) is 33.1 Å². The summed E-state index contributed by atoms with van der Waals surface area (Å²) in [4.78, 5) is 18.1. The summed E-state index contributed by atoms with van der Waals surface area (Å²) in [5.41, 5.74) is 2.56. The Morgan fingerprint density at radius 3 is 2.95 bits per heavy atom. The Balaban J connectivity index is 2.06. The average Bonchev–Trinajstić information content (AvgIpc) is 2.75. The highest BCUT2D eigenvalue weighted by Gasteiger charge is 2.10. The fourth-order valence-corrected chi connectivity index (χ4v) is 2.02. The van der Waals surface area contributed by atoms with Gasteiger partial charge in [-0.15, -0.1) is 0 Å². The van der Waals surface area contributed by atoms with Gasteiger partial charge in [-0.1, -0.05) is 19.4 Å². The fourth-order valence-electron chi connectivity index (χ4n) is 2.02. The molecule has 0 bridgehead atoms. The lowest BCUT2D eigenvalue weighted by atomic mass is 10.1. The Morgan fingerprint density at radius 2 is 2.21 bits per heavy atom. The monoisotopic (exact) mass is 260 g/mol. The molecule has 0 spiro atoms. The summed E-state index contributed by atoms with van der Waals surface area (Å²) in [6.45, 7) is 4.76. The molecule has 0 aliphatic rings. The van der Waals surface area contributed by atoms with E-state index >= 15 is 0 Å². The van der Waals surface area contributed by atoms with Gasteiger partial charge >= 0.3 is 0 Å². The van der Waals surface area contributed by atoms with E-state index < -0.39 is 0 Å². The third kappa shape index (κ3) is 3.34. The normalized spacial score (nSPS) is 10.9. The molecule has 0 unspecified atom stereocenters. The van der Waals surface area contributed by atoms with Gasteiger partial charge < -0.3 is 9.32 Å². The Morgan fingerprint density at radius 1 is 1.42 bits per heavy atom. The van der Waals surface area contributed by atoms with Crippen LogP contribution in [-0.4, -0.2) is 29.4 Å². The van der Waals surface area contributed by atoms with Crippen molar-refractivity contribution in [3.8, 4) is 0 Å². The first-order chi connectivity index (χ1) is 9.10. The maximum absolute atomic E-state index is 12.0. The Hall–Kier alpha value is -1.84. The third-order valence-corrected chi connectivity index (χ3v) is 3.19. The molecule has 0 atom stereocenters. The number of benzene rings is 1. The molecule has 0 saturated carbocycles. The van der Waals surface area contributed by atoms with Crippen LogP contribution in [-0.2, 0) is 11.2 Å². The molecule has 0 radical (unpaired) electrons. The number of nitrogens with zero attached hydrogens (tertiary/aromatic N) is 2. The van der Waals surface area contributed by atoms with Crippen molar-refractivity contribution in [2.24, 2.45) is 0 Å². The predicted octanol–water partition coefficient (Wildman–Crippen LogP) is 2.94. The largest absolute Gasteiger partial charge is 0.441 e. The van der Waals surface area contributed by atoms with Crippen LogP contribution in [0.2, 0.25) is 0 Å². The molecule has 0 N–H and O–H groups in total. The molecule has 2 rings (SSSR count). The lowest BCUT2D eigenvalue weighted by molar-refractivity contribution is -0.129. The summed E-state index contributed by atoms with van der Waals surface area (Å²) in [5.74, 6) is 0.794. The molecule has 4 heteroatoms. The van der Waals surface area contributed by atoms with Gasteiger partial charge in [-0.05, 0) is 24.1 Å². The Bertz CT molecular complexity index is 575. The van der Waals surface area contributed by atoms with Crippen LogP contribution in [0.5, 0.6) is 0 Å². The second-order valence-corrected chi connectivity index (χ2v) is 4.88.